The van der Waals surface area contributed by atoms with Crippen LogP contribution in [0.2, 0.25) is 0 Å². The molecule has 0 unspecified atom stereocenters. The van der Waals surface area contributed by atoms with Gasteiger partial charge in [-0.3, -0.25) is 15.6 Å². The van der Waals surface area contributed by atoms with Crippen LogP contribution in [0, 0.1) is 0 Å². The Kier molecular flexibility index (Phi) is 6.12. The average molecular weight is 381 g/mol. The Bertz CT molecular complexity index is 682. The van der Waals surface area contributed by atoms with E-state index in [-0.39, 0.29) is 5.91 Å². The normalized spacial score (nSPS) is 10.2. The maximum atomic E-state index is 12.1. The quantitative estimate of drug-likeness (QED) is 0.426. The van der Waals surface area contributed by atoms with Crippen LogP contribution in [0.25, 0.3) is 0 Å². The fraction of sp³-hybridized carbons (Fsp3) is 0.214. The summed E-state index contributed by atoms with van der Waals surface area (Å²) in [5.41, 5.74) is 12.0. The Hall–Kier alpha value is -2.39. The van der Waals surface area contributed by atoms with E-state index in [1.165, 1.54) is 6.33 Å². The second-order valence-corrected chi connectivity index (χ2v) is 5.32. The Morgan fingerprint density at radius 2 is 2.04 bits per heavy atom. The predicted octanol–water partition coefficient (Wildman–Crippen LogP) is 1.64. The monoisotopic (exact) mass is 380 g/mol. The maximum Gasteiger partial charge on any atom is 0.270 e. The van der Waals surface area contributed by atoms with Crippen LogP contribution in [0.3, 0.4) is 0 Å². The molecule has 122 valence electrons. The van der Waals surface area contributed by atoms with Gasteiger partial charge in [0, 0.05) is 18.1 Å². The lowest BCUT2D eigenvalue weighted by Crippen LogP contribution is -2.30. The number of carbonyl (C=O) groups is 1. The molecule has 1 aromatic carbocycles. The molecule has 23 heavy (non-hydrogen) atoms. The molecule has 8 nitrogen and oxygen atoms in total. The molecule has 0 radical (unpaired) electrons. The van der Waals surface area contributed by atoms with E-state index < -0.39 is 0 Å². The Balaban J connectivity index is 2.02. The lowest BCUT2D eigenvalue weighted by atomic mass is 10.2. The van der Waals surface area contributed by atoms with Crippen molar-refractivity contribution in [2.75, 3.05) is 36.7 Å². The van der Waals surface area contributed by atoms with E-state index in [0.717, 1.165) is 0 Å². The van der Waals surface area contributed by atoms with Crippen molar-refractivity contribution in [1.29, 1.82) is 0 Å². The number of nitrogen functional groups attached to an aromatic ring is 1. The van der Waals surface area contributed by atoms with Gasteiger partial charge < -0.3 is 15.8 Å². The summed E-state index contributed by atoms with van der Waals surface area (Å²) >= 11 is 3.32. The van der Waals surface area contributed by atoms with E-state index in [2.05, 4.69) is 42.1 Å². The van der Waals surface area contributed by atoms with E-state index >= 15 is 0 Å². The third-order valence-electron chi connectivity index (χ3n) is 2.90. The van der Waals surface area contributed by atoms with Gasteiger partial charge >= 0.3 is 0 Å². The third-order valence-corrected chi connectivity index (χ3v) is 3.59. The number of nitrogens with zero attached hydrogens (tertiary/aromatic N) is 2. The zero-order chi connectivity index (χ0) is 16.7. The van der Waals surface area contributed by atoms with Crippen LogP contribution in [0.4, 0.5) is 17.3 Å². The molecule has 0 saturated heterocycles. The summed E-state index contributed by atoms with van der Waals surface area (Å²) in [5.74, 6) is 0.458. The van der Waals surface area contributed by atoms with Gasteiger partial charge in [0.1, 0.15) is 12.0 Å². The highest BCUT2D eigenvalue weighted by molar-refractivity contribution is 9.10. The lowest BCUT2D eigenvalue weighted by Gasteiger charge is -2.13. The minimum atomic E-state index is -0.315. The summed E-state index contributed by atoms with van der Waals surface area (Å²) in [7, 11) is 1.61. The number of aromatic nitrogens is 2. The number of hydrogen-bond acceptors (Lipinski definition) is 7. The number of ether oxygens (including phenoxy) is 1. The van der Waals surface area contributed by atoms with Crippen LogP contribution in [-0.4, -0.2) is 36.1 Å². The summed E-state index contributed by atoms with van der Waals surface area (Å²) < 4.78 is 5.64. The van der Waals surface area contributed by atoms with Crippen molar-refractivity contribution in [2.45, 2.75) is 0 Å². The van der Waals surface area contributed by atoms with Crippen molar-refractivity contribution >= 4 is 39.2 Å². The number of anilines is 3. The number of benzene rings is 1. The molecule has 1 amide bonds. The summed E-state index contributed by atoms with van der Waals surface area (Å²) in [6.45, 7) is 1.07. The fourth-order valence-electron chi connectivity index (χ4n) is 1.74. The van der Waals surface area contributed by atoms with Crippen molar-refractivity contribution < 1.29 is 9.53 Å². The second kappa shape index (κ2) is 8.30. The lowest BCUT2D eigenvalue weighted by molar-refractivity contribution is 0.0962. The van der Waals surface area contributed by atoms with E-state index in [4.69, 9.17) is 10.5 Å². The molecule has 0 saturated carbocycles. The van der Waals surface area contributed by atoms with Gasteiger partial charge in [0.2, 0.25) is 0 Å². The fourth-order valence-corrected chi connectivity index (χ4v) is 2.20. The maximum absolute atomic E-state index is 12.1. The van der Waals surface area contributed by atoms with E-state index in [1.54, 1.807) is 25.3 Å². The number of methoxy groups -OCH3 is 1. The minimum absolute atomic E-state index is 0.302. The number of hydrazine groups is 1. The van der Waals surface area contributed by atoms with Crippen LogP contribution < -0.4 is 21.9 Å². The highest BCUT2D eigenvalue weighted by Gasteiger charge is 2.11. The SMILES string of the molecule is COCCNc1ncnc(NNC(=O)c2ccccc2Br)c1N. The van der Waals surface area contributed by atoms with Crippen molar-refractivity contribution in [3.63, 3.8) is 0 Å². The van der Waals surface area contributed by atoms with Gasteiger partial charge in [-0.1, -0.05) is 12.1 Å². The van der Waals surface area contributed by atoms with Crippen LogP contribution in [0.1, 0.15) is 10.4 Å². The Morgan fingerprint density at radius 1 is 1.30 bits per heavy atom. The molecule has 1 heterocycles. The van der Waals surface area contributed by atoms with Gasteiger partial charge in [-0.2, -0.15) is 0 Å². The summed E-state index contributed by atoms with van der Waals surface area (Å²) in [6.07, 6.45) is 1.35. The molecule has 0 spiro atoms. The first-order chi connectivity index (χ1) is 11.1. The van der Waals surface area contributed by atoms with Crippen LogP contribution in [0.15, 0.2) is 35.1 Å². The molecule has 0 aliphatic rings. The molecule has 9 heteroatoms. The van der Waals surface area contributed by atoms with Gasteiger partial charge in [0.25, 0.3) is 5.91 Å². The first-order valence-electron chi connectivity index (χ1n) is 6.77. The molecule has 2 rings (SSSR count). The molecule has 1 aromatic heterocycles. The molecule has 0 fully saturated rings. The van der Waals surface area contributed by atoms with E-state index in [9.17, 15) is 4.79 Å². The van der Waals surface area contributed by atoms with Gasteiger partial charge in [-0.05, 0) is 28.1 Å². The molecule has 0 aliphatic carbocycles. The summed E-state index contributed by atoms with van der Waals surface area (Å²) in [5, 5.41) is 3.02. The van der Waals surface area contributed by atoms with Crippen molar-refractivity contribution in [1.82, 2.24) is 15.4 Å². The minimum Gasteiger partial charge on any atom is -0.393 e. The Labute approximate surface area is 141 Å². The molecular weight excluding hydrogens is 364 g/mol. The number of amides is 1. The first kappa shape index (κ1) is 17.0. The van der Waals surface area contributed by atoms with Crippen LogP contribution in [-0.2, 0) is 4.74 Å². The zero-order valence-corrected chi connectivity index (χ0v) is 14.1. The second-order valence-electron chi connectivity index (χ2n) is 4.46. The predicted molar refractivity (Wildman–Crippen MR) is 92.0 cm³/mol. The molecule has 0 bridgehead atoms. The number of hydrogen-bond donors (Lipinski definition) is 4. The van der Waals surface area contributed by atoms with Crippen LogP contribution >= 0.6 is 15.9 Å². The topological polar surface area (TPSA) is 114 Å². The van der Waals surface area contributed by atoms with Gasteiger partial charge in [0.05, 0.1) is 12.2 Å². The standard InChI is InChI=1S/C14H17BrN6O2/c1-23-7-6-17-12-11(16)13(19-8-18-12)20-21-14(22)9-4-2-3-5-10(9)15/h2-5,8H,6-7,16H2,1H3,(H,21,22)(H2,17,18,19,20). The summed E-state index contributed by atoms with van der Waals surface area (Å²) in [6, 6.07) is 7.08. The smallest absolute Gasteiger partial charge is 0.270 e. The molecular formula is C14H17BrN6O2. The summed E-state index contributed by atoms with van der Waals surface area (Å²) in [4.78, 5) is 20.2. The van der Waals surface area contributed by atoms with Crippen LogP contribution in [0.5, 0.6) is 0 Å². The Morgan fingerprint density at radius 3 is 2.78 bits per heavy atom. The first-order valence-corrected chi connectivity index (χ1v) is 7.57. The van der Waals surface area contributed by atoms with Crippen molar-refractivity contribution in [3.05, 3.63) is 40.6 Å². The molecule has 0 aliphatic heterocycles. The average Bonchev–Trinajstić information content (AvgIpc) is 2.55. The number of nitrogens with one attached hydrogen (secondary N) is 3. The van der Waals surface area contributed by atoms with Gasteiger partial charge in [-0.25, -0.2) is 9.97 Å². The van der Waals surface area contributed by atoms with Crippen molar-refractivity contribution in [3.8, 4) is 0 Å². The highest BCUT2D eigenvalue weighted by Crippen LogP contribution is 2.21. The van der Waals surface area contributed by atoms with E-state index in [0.29, 0.717) is 40.5 Å². The third kappa shape index (κ3) is 4.54. The van der Waals surface area contributed by atoms with Gasteiger partial charge in [0.15, 0.2) is 11.6 Å². The molecule has 0 atom stereocenters. The number of carbonyl (C=O) groups excluding carboxylic acids is 1. The molecule has 2 aromatic rings. The van der Waals surface area contributed by atoms with E-state index in [1.807, 2.05) is 6.07 Å². The van der Waals surface area contributed by atoms with Crippen molar-refractivity contribution in [2.24, 2.45) is 0 Å². The molecule has 5 N–H and O–H groups in total. The zero-order valence-electron chi connectivity index (χ0n) is 12.5. The van der Waals surface area contributed by atoms with Gasteiger partial charge in [-0.15, -0.1) is 0 Å². The number of halogens is 1. The number of nitrogens with two attached hydrogens (primary N) is 1. The highest BCUT2D eigenvalue weighted by atomic mass is 79.9. The number of rotatable bonds is 7. The largest absolute Gasteiger partial charge is 0.393 e.